The number of unbranched alkanes of at least 4 members (excludes halogenated alkanes) is 27. The van der Waals surface area contributed by atoms with Crippen LogP contribution in [0.4, 0.5) is 11.4 Å². The molecule has 0 aromatic heterocycles. The van der Waals surface area contributed by atoms with Gasteiger partial charge in [0.05, 0.1) is 17.1 Å². The lowest BCUT2D eigenvalue weighted by molar-refractivity contribution is 0.550. The largest absolute Gasteiger partial charge is 0.255 e. The van der Waals surface area contributed by atoms with Crippen LogP contribution in [0.2, 0.25) is 0 Å². The first-order valence-corrected chi connectivity index (χ1v) is 25.4. The van der Waals surface area contributed by atoms with Gasteiger partial charge in [-0.3, -0.25) is 9.98 Å². The standard InChI is InChI=1S/C56H92N2/c1-4-7-10-13-15-17-19-21-23-25-27-29-31-33-35-37-44-52-46-40-42-49-55(52)57-51-54(48-39-12-9-6-3)58-56-50-43-41-47-53(56)45-38-36-34-32-30-28-26-24-22-20-18-16-14-11-8-5-2/h31-34,40-43,46-47,49-51H,4-30,35-39,44-45,48H2,1-3H3. The Labute approximate surface area is 361 Å². The number of hydrogen-bond acceptors (Lipinski definition) is 2. The van der Waals surface area contributed by atoms with Gasteiger partial charge in [-0.15, -0.1) is 0 Å². The Morgan fingerprint density at radius 3 is 1.17 bits per heavy atom. The van der Waals surface area contributed by atoms with Crippen LogP contribution in [0.5, 0.6) is 0 Å². The molecule has 0 saturated heterocycles. The molecule has 326 valence electrons. The number of aryl methyl sites for hydroxylation is 2. The van der Waals surface area contributed by atoms with E-state index < -0.39 is 0 Å². The number of hydrogen-bond donors (Lipinski definition) is 0. The lowest BCUT2D eigenvalue weighted by Gasteiger charge is -2.08. The van der Waals surface area contributed by atoms with Crippen molar-refractivity contribution >= 4 is 23.3 Å². The zero-order chi connectivity index (χ0) is 41.2. The molecule has 0 saturated carbocycles. The fourth-order valence-electron chi connectivity index (χ4n) is 8.01. The van der Waals surface area contributed by atoms with Gasteiger partial charge in [-0.25, -0.2) is 0 Å². The third kappa shape index (κ3) is 29.5. The molecule has 2 rings (SSSR count). The molecule has 2 aromatic carbocycles. The molecule has 0 bridgehead atoms. The third-order valence-electron chi connectivity index (χ3n) is 11.8. The smallest absolute Gasteiger partial charge is 0.0665 e. The van der Waals surface area contributed by atoms with Crippen molar-refractivity contribution in [2.24, 2.45) is 9.98 Å². The van der Waals surface area contributed by atoms with Crippen molar-refractivity contribution in [2.45, 2.75) is 245 Å². The van der Waals surface area contributed by atoms with Crippen LogP contribution in [0.1, 0.15) is 244 Å². The van der Waals surface area contributed by atoms with E-state index in [1.54, 1.807) is 0 Å². The first kappa shape index (κ1) is 51.4. The van der Waals surface area contributed by atoms with E-state index in [1.807, 2.05) is 0 Å². The zero-order valence-corrected chi connectivity index (χ0v) is 38.6. The van der Waals surface area contributed by atoms with Gasteiger partial charge in [-0.1, -0.05) is 229 Å². The maximum absolute atomic E-state index is 5.28. The van der Waals surface area contributed by atoms with Crippen LogP contribution in [0.3, 0.4) is 0 Å². The average molecular weight is 793 g/mol. The monoisotopic (exact) mass is 793 g/mol. The SMILES string of the molecule is CCCCCCCCCCCCCC=CCCCc1ccccc1N=CC(CCCCCC)=Nc1ccccc1CCCC=CCCCCCCCCCCCCC. The third-order valence-corrected chi connectivity index (χ3v) is 11.8. The minimum atomic E-state index is 0.978. The second-order valence-corrected chi connectivity index (χ2v) is 17.3. The maximum atomic E-state index is 5.28. The summed E-state index contributed by atoms with van der Waals surface area (Å²) in [6, 6.07) is 17.5. The highest BCUT2D eigenvalue weighted by molar-refractivity contribution is 6.31. The van der Waals surface area contributed by atoms with Gasteiger partial charge in [0.15, 0.2) is 0 Å². The highest BCUT2D eigenvalue weighted by Crippen LogP contribution is 2.24. The van der Waals surface area contributed by atoms with E-state index in [4.69, 9.17) is 9.98 Å². The summed E-state index contributed by atoms with van der Waals surface area (Å²) in [5.74, 6) is 0. The van der Waals surface area contributed by atoms with Crippen molar-refractivity contribution in [1.82, 2.24) is 0 Å². The Bertz CT molecular complexity index is 1320. The highest BCUT2D eigenvalue weighted by atomic mass is 14.8. The zero-order valence-electron chi connectivity index (χ0n) is 38.6. The Morgan fingerprint density at radius 2 is 0.724 bits per heavy atom. The van der Waals surface area contributed by atoms with E-state index >= 15 is 0 Å². The Kier molecular flexibility index (Phi) is 35.2. The molecule has 0 radical (unpaired) electrons. The van der Waals surface area contributed by atoms with Crippen molar-refractivity contribution in [2.75, 3.05) is 0 Å². The number of aliphatic imine (C=N–C) groups is 2. The van der Waals surface area contributed by atoms with E-state index in [-0.39, 0.29) is 0 Å². The summed E-state index contributed by atoms with van der Waals surface area (Å²) >= 11 is 0. The summed E-state index contributed by atoms with van der Waals surface area (Å²) in [5, 5.41) is 0. The van der Waals surface area contributed by atoms with Crippen LogP contribution >= 0.6 is 0 Å². The van der Waals surface area contributed by atoms with Crippen LogP contribution in [0.15, 0.2) is 82.8 Å². The van der Waals surface area contributed by atoms with Gasteiger partial charge >= 0.3 is 0 Å². The van der Waals surface area contributed by atoms with E-state index in [2.05, 4.69) is 99.8 Å². The van der Waals surface area contributed by atoms with Gasteiger partial charge < -0.3 is 0 Å². The maximum Gasteiger partial charge on any atom is 0.0665 e. The molecule has 0 unspecified atom stereocenters. The van der Waals surface area contributed by atoms with Gasteiger partial charge in [0.1, 0.15) is 0 Å². The van der Waals surface area contributed by atoms with Gasteiger partial charge in [-0.2, -0.15) is 0 Å². The van der Waals surface area contributed by atoms with Crippen molar-refractivity contribution < 1.29 is 0 Å². The summed E-state index contributed by atoms with van der Waals surface area (Å²) in [6.07, 6.45) is 58.0. The molecule has 0 fully saturated rings. The molecular formula is C56H92N2. The normalized spacial score (nSPS) is 12.3. The molecule has 0 N–H and O–H groups in total. The minimum absolute atomic E-state index is 0.978. The Hall–Kier alpha value is -2.74. The van der Waals surface area contributed by atoms with Crippen LogP contribution in [0.25, 0.3) is 0 Å². The van der Waals surface area contributed by atoms with Crippen molar-refractivity contribution in [1.29, 1.82) is 0 Å². The molecule has 0 aliphatic carbocycles. The van der Waals surface area contributed by atoms with Gasteiger partial charge in [0.2, 0.25) is 0 Å². The molecule has 0 amide bonds. The van der Waals surface area contributed by atoms with Gasteiger partial charge in [0.25, 0.3) is 0 Å². The minimum Gasteiger partial charge on any atom is -0.255 e. The molecule has 2 heteroatoms. The Morgan fingerprint density at radius 1 is 0.379 bits per heavy atom. The summed E-state index contributed by atoms with van der Waals surface area (Å²) in [4.78, 5) is 10.4. The summed E-state index contributed by atoms with van der Waals surface area (Å²) in [5.41, 5.74) is 6.03. The number of rotatable bonds is 40. The summed E-state index contributed by atoms with van der Waals surface area (Å²) < 4.78 is 0. The molecular weight excluding hydrogens is 701 g/mol. The molecule has 2 aromatic rings. The predicted molar refractivity (Wildman–Crippen MR) is 263 cm³/mol. The van der Waals surface area contributed by atoms with E-state index in [0.29, 0.717) is 0 Å². The van der Waals surface area contributed by atoms with Gasteiger partial charge in [-0.05, 0) is 100 Å². The van der Waals surface area contributed by atoms with Crippen molar-refractivity contribution in [3.8, 4) is 0 Å². The van der Waals surface area contributed by atoms with Crippen LogP contribution in [-0.4, -0.2) is 11.9 Å². The lowest BCUT2D eigenvalue weighted by Crippen LogP contribution is -2.01. The molecule has 2 nitrogen and oxygen atoms in total. The van der Waals surface area contributed by atoms with Crippen molar-refractivity contribution in [3.05, 3.63) is 84.0 Å². The second kappa shape index (κ2) is 39.7. The summed E-state index contributed by atoms with van der Waals surface area (Å²) in [6.45, 7) is 6.89. The molecule has 0 aliphatic rings. The lowest BCUT2D eigenvalue weighted by atomic mass is 10.0. The molecule has 0 heterocycles. The first-order chi connectivity index (χ1) is 28.8. The molecule has 0 spiro atoms. The summed E-state index contributed by atoms with van der Waals surface area (Å²) in [7, 11) is 0. The Balaban J connectivity index is 1.77. The van der Waals surface area contributed by atoms with E-state index in [0.717, 1.165) is 55.6 Å². The number of para-hydroxylation sites is 2. The predicted octanol–water partition coefficient (Wildman–Crippen LogP) is 19.3. The van der Waals surface area contributed by atoms with E-state index in [1.165, 1.54) is 197 Å². The molecule has 0 atom stereocenters. The number of benzene rings is 2. The first-order valence-electron chi connectivity index (χ1n) is 25.4. The van der Waals surface area contributed by atoms with Crippen LogP contribution < -0.4 is 0 Å². The average Bonchev–Trinajstić information content (AvgIpc) is 3.24. The molecule has 0 aliphatic heterocycles. The van der Waals surface area contributed by atoms with Crippen LogP contribution in [0, 0.1) is 0 Å². The highest BCUT2D eigenvalue weighted by Gasteiger charge is 2.05. The van der Waals surface area contributed by atoms with Crippen LogP contribution in [-0.2, 0) is 12.8 Å². The quantitative estimate of drug-likeness (QED) is 0.0365. The number of nitrogens with zero attached hydrogens (tertiary/aromatic N) is 2. The van der Waals surface area contributed by atoms with Gasteiger partial charge in [0, 0.05) is 6.21 Å². The fourth-order valence-corrected chi connectivity index (χ4v) is 8.01. The topological polar surface area (TPSA) is 24.7 Å². The molecule has 58 heavy (non-hydrogen) atoms. The fraction of sp³-hybridized carbons (Fsp3) is 0.679. The van der Waals surface area contributed by atoms with E-state index in [9.17, 15) is 0 Å². The second-order valence-electron chi connectivity index (χ2n) is 17.3. The number of allylic oxidation sites excluding steroid dienone is 4. The van der Waals surface area contributed by atoms with Crippen molar-refractivity contribution in [3.63, 3.8) is 0 Å².